The van der Waals surface area contributed by atoms with E-state index in [1.54, 1.807) is 6.07 Å². The van der Waals surface area contributed by atoms with E-state index < -0.39 is 10.0 Å². The zero-order valence-corrected chi connectivity index (χ0v) is 18.9. The Balaban J connectivity index is 1.38. The molecule has 1 fully saturated rings. The Morgan fingerprint density at radius 2 is 1.75 bits per heavy atom. The molecule has 0 bridgehead atoms. The second-order valence-electron chi connectivity index (χ2n) is 8.13. The van der Waals surface area contributed by atoms with E-state index in [2.05, 4.69) is 16.1 Å². The molecule has 6 nitrogen and oxygen atoms in total. The number of sulfonamides is 1. The molecule has 1 amide bonds. The number of benzene rings is 3. The Morgan fingerprint density at radius 1 is 1.00 bits per heavy atom. The van der Waals surface area contributed by atoms with Crippen molar-refractivity contribution in [2.75, 3.05) is 5.32 Å². The van der Waals surface area contributed by atoms with Crippen LogP contribution in [-0.4, -0.2) is 20.4 Å². The van der Waals surface area contributed by atoms with Crippen LogP contribution in [0.3, 0.4) is 0 Å². The highest BCUT2D eigenvalue weighted by Gasteiger charge is 2.28. The lowest BCUT2D eigenvalue weighted by Crippen LogP contribution is -2.25. The lowest BCUT2D eigenvalue weighted by Gasteiger charge is -2.12. The minimum atomic E-state index is -3.53. The number of carbonyl (C=O) groups excluding carboxylic acids is 1. The minimum absolute atomic E-state index is 0.0368. The molecule has 0 atom stereocenters. The van der Waals surface area contributed by atoms with Gasteiger partial charge in [-0.15, -0.1) is 0 Å². The topological polar surface area (TPSA) is 84.5 Å². The highest BCUT2D eigenvalue weighted by atomic mass is 32.2. The van der Waals surface area contributed by atoms with Gasteiger partial charge in [-0.3, -0.25) is 4.79 Å². The second kappa shape index (κ2) is 9.14. The standard InChI is InChI=1S/C25H26N2O4S/c1-17-4-3-5-19(14-17)16-31-22-10-13-24(18(2)15-22)26-25(28)20-6-11-23(12-7-20)32(29,30)27-21-8-9-21/h3-7,10-15,21,27H,8-9,16H2,1-2H3,(H,26,28). The van der Waals surface area contributed by atoms with Crippen LogP contribution in [-0.2, 0) is 16.6 Å². The predicted octanol–water partition coefficient (Wildman–Crippen LogP) is 4.58. The van der Waals surface area contributed by atoms with E-state index in [4.69, 9.17) is 4.74 Å². The zero-order valence-electron chi connectivity index (χ0n) is 18.1. The van der Waals surface area contributed by atoms with Gasteiger partial charge in [0, 0.05) is 17.3 Å². The third kappa shape index (κ3) is 5.55. The number of anilines is 1. The van der Waals surface area contributed by atoms with Gasteiger partial charge in [-0.2, -0.15) is 0 Å². The van der Waals surface area contributed by atoms with Gasteiger partial charge in [-0.05, 0) is 80.3 Å². The normalized spacial score (nSPS) is 13.6. The molecule has 1 aliphatic rings. The van der Waals surface area contributed by atoms with Gasteiger partial charge in [0.1, 0.15) is 12.4 Å². The van der Waals surface area contributed by atoms with Gasteiger partial charge >= 0.3 is 0 Å². The first kappa shape index (κ1) is 22.0. The van der Waals surface area contributed by atoms with Crippen molar-refractivity contribution in [3.8, 4) is 5.75 Å². The number of nitrogens with one attached hydrogen (secondary N) is 2. The molecule has 3 aromatic carbocycles. The first-order chi connectivity index (χ1) is 15.3. The van der Waals surface area contributed by atoms with Crippen molar-refractivity contribution in [3.05, 3.63) is 89.0 Å². The maximum Gasteiger partial charge on any atom is 0.255 e. The summed E-state index contributed by atoms with van der Waals surface area (Å²) in [5.74, 6) is 0.417. The van der Waals surface area contributed by atoms with Gasteiger partial charge in [0.25, 0.3) is 5.91 Å². The number of hydrogen-bond donors (Lipinski definition) is 2. The van der Waals surface area contributed by atoms with Gasteiger partial charge in [0.05, 0.1) is 4.90 Å². The molecule has 0 heterocycles. The molecular formula is C25H26N2O4S. The summed E-state index contributed by atoms with van der Waals surface area (Å²) in [6.45, 7) is 4.41. The van der Waals surface area contributed by atoms with Crippen molar-refractivity contribution in [2.24, 2.45) is 0 Å². The monoisotopic (exact) mass is 450 g/mol. The molecule has 2 N–H and O–H groups in total. The Bertz CT molecular complexity index is 1230. The highest BCUT2D eigenvalue weighted by molar-refractivity contribution is 7.89. The van der Waals surface area contributed by atoms with Crippen LogP contribution in [0.25, 0.3) is 0 Å². The molecule has 0 unspecified atom stereocenters. The van der Waals surface area contributed by atoms with E-state index in [1.165, 1.54) is 29.8 Å². The average molecular weight is 451 g/mol. The molecule has 7 heteroatoms. The summed E-state index contributed by atoms with van der Waals surface area (Å²) in [5.41, 5.74) is 4.20. The van der Waals surface area contributed by atoms with Crippen molar-refractivity contribution >= 4 is 21.6 Å². The lowest BCUT2D eigenvalue weighted by atomic mass is 10.1. The SMILES string of the molecule is Cc1cccc(COc2ccc(NC(=O)c3ccc(S(=O)(=O)NC4CC4)cc3)c(C)c2)c1. The molecule has 1 aliphatic carbocycles. The minimum Gasteiger partial charge on any atom is -0.489 e. The van der Waals surface area contributed by atoms with Crippen molar-refractivity contribution < 1.29 is 17.9 Å². The van der Waals surface area contributed by atoms with Gasteiger partial charge < -0.3 is 10.1 Å². The summed E-state index contributed by atoms with van der Waals surface area (Å²) in [6, 6.07) is 19.6. The molecule has 3 aromatic rings. The van der Waals surface area contributed by atoms with Crippen LogP contribution in [0.1, 0.15) is 39.9 Å². The van der Waals surface area contributed by atoms with Crippen molar-refractivity contribution in [1.82, 2.24) is 4.72 Å². The largest absolute Gasteiger partial charge is 0.489 e. The van der Waals surface area contributed by atoms with Gasteiger partial charge in [-0.1, -0.05) is 29.8 Å². The molecule has 0 aliphatic heterocycles. The Morgan fingerprint density at radius 3 is 2.41 bits per heavy atom. The number of ether oxygens (including phenoxy) is 1. The molecule has 0 radical (unpaired) electrons. The number of hydrogen-bond acceptors (Lipinski definition) is 4. The fourth-order valence-corrected chi connectivity index (χ4v) is 4.61. The third-order valence-corrected chi connectivity index (χ3v) is 6.80. The van der Waals surface area contributed by atoms with Crippen LogP contribution in [0.5, 0.6) is 5.75 Å². The van der Waals surface area contributed by atoms with Crippen molar-refractivity contribution in [3.63, 3.8) is 0 Å². The van der Waals surface area contributed by atoms with E-state index in [-0.39, 0.29) is 16.8 Å². The van der Waals surface area contributed by atoms with E-state index in [0.717, 1.165) is 29.7 Å². The van der Waals surface area contributed by atoms with E-state index >= 15 is 0 Å². The van der Waals surface area contributed by atoms with Gasteiger partial charge in [0.2, 0.25) is 10.0 Å². The van der Waals surface area contributed by atoms with E-state index in [0.29, 0.717) is 17.9 Å². The molecule has 0 aromatic heterocycles. The quantitative estimate of drug-likeness (QED) is 0.526. The Labute approximate surface area is 188 Å². The molecule has 4 rings (SSSR count). The van der Waals surface area contributed by atoms with Crippen LogP contribution < -0.4 is 14.8 Å². The number of carbonyl (C=O) groups is 1. The first-order valence-electron chi connectivity index (χ1n) is 10.5. The van der Waals surface area contributed by atoms with Crippen LogP contribution in [0, 0.1) is 13.8 Å². The summed E-state index contributed by atoms with van der Waals surface area (Å²) in [5, 5.41) is 2.88. The summed E-state index contributed by atoms with van der Waals surface area (Å²) >= 11 is 0. The van der Waals surface area contributed by atoms with Gasteiger partial charge in [-0.25, -0.2) is 13.1 Å². The van der Waals surface area contributed by atoms with Crippen molar-refractivity contribution in [2.45, 2.75) is 44.2 Å². The molecule has 32 heavy (non-hydrogen) atoms. The van der Waals surface area contributed by atoms with Crippen molar-refractivity contribution in [1.29, 1.82) is 0 Å². The lowest BCUT2D eigenvalue weighted by molar-refractivity contribution is 0.102. The maximum atomic E-state index is 12.6. The summed E-state index contributed by atoms with van der Waals surface area (Å²) in [4.78, 5) is 12.8. The van der Waals surface area contributed by atoms with Crippen LogP contribution >= 0.6 is 0 Å². The maximum absolute atomic E-state index is 12.6. The Hall–Kier alpha value is -3.16. The number of amides is 1. The molecular weight excluding hydrogens is 424 g/mol. The molecule has 166 valence electrons. The van der Waals surface area contributed by atoms with Gasteiger partial charge in [0.15, 0.2) is 0 Å². The molecule has 0 spiro atoms. The zero-order chi connectivity index (χ0) is 22.7. The molecule has 0 saturated heterocycles. The number of aryl methyl sites for hydroxylation is 2. The summed E-state index contributed by atoms with van der Waals surface area (Å²) < 4.78 is 33.0. The Kier molecular flexibility index (Phi) is 6.30. The third-order valence-electron chi connectivity index (χ3n) is 5.26. The summed E-state index contributed by atoms with van der Waals surface area (Å²) in [7, 11) is -3.53. The predicted molar refractivity (Wildman–Crippen MR) is 124 cm³/mol. The molecule has 1 saturated carbocycles. The van der Waals surface area contributed by atoms with E-state index in [1.807, 2.05) is 44.2 Å². The van der Waals surface area contributed by atoms with Crippen LogP contribution in [0.2, 0.25) is 0 Å². The van der Waals surface area contributed by atoms with E-state index in [9.17, 15) is 13.2 Å². The number of rotatable bonds is 8. The average Bonchev–Trinajstić information content (AvgIpc) is 3.57. The smallest absolute Gasteiger partial charge is 0.255 e. The fraction of sp³-hybridized carbons (Fsp3) is 0.240. The highest BCUT2D eigenvalue weighted by Crippen LogP contribution is 2.24. The fourth-order valence-electron chi connectivity index (χ4n) is 3.30. The summed E-state index contributed by atoms with van der Waals surface area (Å²) in [6.07, 6.45) is 1.74. The second-order valence-corrected chi connectivity index (χ2v) is 9.84. The van der Waals surface area contributed by atoms with Crippen LogP contribution in [0.4, 0.5) is 5.69 Å². The first-order valence-corrected chi connectivity index (χ1v) is 12.0. The van der Waals surface area contributed by atoms with Crippen LogP contribution in [0.15, 0.2) is 71.6 Å².